The molecule has 1 spiro atoms. The summed E-state index contributed by atoms with van der Waals surface area (Å²) in [5.41, 5.74) is 2.99. The second kappa shape index (κ2) is 7.34. The van der Waals surface area contributed by atoms with Gasteiger partial charge in [-0.15, -0.1) is 11.3 Å². The first-order valence-corrected chi connectivity index (χ1v) is 11.1. The molecule has 1 amide bonds. The SMILES string of the molecule is Cc1ccsc1C(=O)N1CC[C@]2(COCc3cnc(N4CCN(C)CC4)nc32)C1. The standard InChI is InChI=1S/C21H27N5O2S/c1-15-3-10-29-17(15)19(27)26-5-4-21(13-26)14-28-12-16-11-22-20(23-18(16)21)25-8-6-24(2)7-9-25/h3,10-11H,4-9,12-14H2,1-2H3/t21-/m1/s1. The van der Waals surface area contributed by atoms with Crippen molar-refractivity contribution in [3.63, 3.8) is 0 Å². The summed E-state index contributed by atoms with van der Waals surface area (Å²) in [6.07, 6.45) is 2.82. The van der Waals surface area contributed by atoms with Crippen molar-refractivity contribution in [1.82, 2.24) is 19.8 Å². The number of hydrogen-bond acceptors (Lipinski definition) is 7. The summed E-state index contributed by atoms with van der Waals surface area (Å²) < 4.78 is 5.94. The molecular weight excluding hydrogens is 386 g/mol. The lowest BCUT2D eigenvalue weighted by Gasteiger charge is -2.36. The number of piperazine rings is 1. The molecule has 0 radical (unpaired) electrons. The van der Waals surface area contributed by atoms with Crippen LogP contribution in [0.4, 0.5) is 5.95 Å². The van der Waals surface area contributed by atoms with E-state index in [0.717, 1.165) is 66.8 Å². The van der Waals surface area contributed by atoms with Crippen LogP contribution in [-0.4, -0.2) is 78.6 Å². The third-order valence-corrected chi connectivity index (χ3v) is 7.48. The van der Waals surface area contributed by atoms with Gasteiger partial charge in [-0.25, -0.2) is 9.97 Å². The fourth-order valence-electron chi connectivity index (χ4n) is 4.64. The van der Waals surface area contributed by atoms with Crippen LogP contribution >= 0.6 is 11.3 Å². The van der Waals surface area contributed by atoms with Crippen molar-refractivity contribution in [3.8, 4) is 0 Å². The Morgan fingerprint density at radius 1 is 1.24 bits per heavy atom. The molecular formula is C21H27N5O2S. The number of likely N-dealkylation sites (N-methyl/N-ethyl adjacent to an activating group) is 1. The zero-order valence-corrected chi connectivity index (χ0v) is 17.9. The second-order valence-corrected chi connectivity index (χ2v) is 9.43. The molecule has 0 bridgehead atoms. The van der Waals surface area contributed by atoms with Crippen molar-refractivity contribution in [3.05, 3.63) is 39.3 Å². The predicted octanol–water partition coefficient (Wildman–Crippen LogP) is 1.91. The van der Waals surface area contributed by atoms with Crippen molar-refractivity contribution < 1.29 is 9.53 Å². The lowest BCUT2D eigenvalue weighted by molar-refractivity contribution is 0.0485. The van der Waals surface area contributed by atoms with Crippen LogP contribution in [0.2, 0.25) is 0 Å². The first kappa shape index (κ1) is 19.0. The van der Waals surface area contributed by atoms with E-state index in [1.165, 1.54) is 11.3 Å². The monoisotopic (exact) mass is 413 g/mol. The number of carbonyl (C=O) groups excluding carboxylic acids is 1. The Morgan fingerprint density at radius 3 is 2.83 bits per heavy atom. The van der Waals surface area contributed by atoms with Gasteiger partial charge in [0.05, 0.1) is 29.2 Å². The van der Waals surface area contributed by atoms with Gasteiger partial charge in [-0.2, -0.15) is 0 Å². The molecule has 0 saturated carbocycles. The topological polar surface area (TPSA) is 61.8 Å². The highest BCUT2D eigenvalue weighted by Gasteiger charge is 2.46. The molecule has 154 valence electrons. The van der Waals surface area contributed by atoms with Gasteiger partial charge in [-0.3, -0.25) is 4.79 Å². The Morgan fingerprint density at radius 2 is 2.07 bits per heavy atom. The molecule has 3 aliphatic heterocycles. The van der Waals surface area contributed by atoms with E-state index in [1.54, 1.807) is 0 Å². The van der Waals surface area contributed by atoms with Crippen molar-refractivity contribution in [2.45, 2.75) is 25.4 Å². The number of carbonyl (C=O) groups is 1. The van der Waals surface area contributed by atoms with Gasteiger partial charge in [-0.05, 0) is 37.4 Å². The number of hydrogen-bond donors (Lipinski definition) is 0. The highest BCUT2D eigenvalue weighted by molar-refractivity contribution is 7.12. The average Bonchev–Trinajstić information content (AvgIpc) is 3.35. The maximum absolute atomic E-state index is 13.1. The minimum Gasteiger partial charge on any atom is -0.376 e. The number of fused-ring (bicyclic) bond motifs is 2. The maximum Gasteiger partial charge on any atom is 0.264 e. The predicted molar refractivity (Wildman–Crippen MR) is 113 cm³/mol. The van der Waals surface area contributed by atoms with Gasteiger partial charge in [0.2, 0.25) is 5.95 Å². The van der Waals surface area contributed by atoms with E-state index < -0.39 is 0 Å². The molecule has 2 saturated heterocycles. The van der Waals surface area contributed by atoms with Crippen molar-refractivity contribution >= 4 is 23.2 Å². The highest BCUT2D eigenvalue weighted by Crippen LogP contribution is 2.40. The van der Waals surface area contributed by atoms with E-state index in [4.69, 9.17) is 9.72 Å². The van der Waals surface area contributed by atoms with Crippen LogP contribution in [0, 0.1) is 6.92 Å². The molecule has 3 aliphatic rings. The molecule has 0 N–H and O–H groups in total. The number of amides is 1. The molecule has 0 unspecified atom stereocenters. The third kappa shape index (κ3) is 3.33. The molecule has 29 heavy (non-hydrogen) atoms. The Bertz CT molecular complexity index is 924. The van der Waals surface area contributed by atoms with E-state index in [9.17, 15) is 4.79 Å². The van der Waals surface area contributed by atoms with Gasteiger partial charge in [-0.1, -0.05) is 0 Å². The zero-order valence-electron chi connectivity index (χ0n) is 17.1. The normalized spacial score (nSPS) is 24.9. The summed E-state index contributed by atoms with van der Waals surface area (Å²) in [4.78, 5) is 30.2. The largest absolute Gasteiger partial charge is 0.376 e. The molecule has 0 aromatic carbocycles. The number of nitrogens with zero attached hydrogens (tertiary/aromatic N) is 5. The summed E-state index contributed by atoms with van der Waals surface area (Å²) in [7, 11) is 2.15. The Labute approximate surface area is 175 Å². The number of aromatic nitrogens is 2. The molecule has 1 atom stereocenters. The molecule has 2 aromatic rings. The Hall–Kier alpha value is -2.03. The molecule has 0 aliphatic carbocycles. The van der Waals surface area contributed by atoms with Crippen LogP contribution in [0.5, 0.6) is 0 Å². The molecule has 5 rings (SSSR count). The van der Waals surface area contributed by atoms with E-state index in [2.05, 4.69) is 21.8 Å². The molecule has 7 nitrogen and oxygen atoms in total. The summed E-state index contributed by atoms with van der Waals surface area (Å²) in [5.74, 6) is 0.951. The maximum atomic E-state index is 13.1. The minimum atomic E-state index is -0.224. The van der Waals surface area contributed by atoms with Gasteiger partial charge < -0.3 is 19.4 Å². The fourth-order valence-corrected chi connectivity index (χ4v) is 5.53. The number of anilines is 1. The Balaban J connectivity index is 1.42. The number of ether oxygens (including phenoxy) is 1. The smallest absolute Gasteiger partial charge is 0.264 e. The van der Waals surface area contributed by atoms with Crippen molar-refractivity contribution in [2.24, 2.45) is 0 Å². The second-order valence-electron chi connectivity index (χ2n) is 8.52. The summed E-state index contributed by atoms with van der Waals surface area (Å²) in [6.45, 7) is 8.52. The van der Waals surface area contributed by atoms with E-state index in [-0.39, 0.29) is 11.3 Å². The summed E-state index contributed by atoms with van der Waals surface area (Å²) in [6, 6.07) is 2.01. The van der Waals surface area contributed by atoms with E-state index in [1.807, 2.05) is 29.5 Å². The van der Waals surface area contributed by atoms with E-state index >= 15 is 0 Å². The van der Waals surface area contributed by atoms with Gasteiger partial charge in [0.15, 0.2) is 0 Å². The molecule has 5 heterocycles. The zero-order chi connectivity index (χ0) is 20.0. The summed E-state index contributed by atoms with van der Waals surface area (Å²) in [5, 5.41) is 1.99. The number of thiophene rings is 1. The minimum absolute atomic E-state index is 0.134. The fraction of sp³-hybridized carbons (Fsp3) is 0.571. The average molecular weight is 414 g/mol. The highest BCUT2D eigenvalue weighted by atomic mass is 32.1. The first-order chi connectivity index (χ1) is 14.1. The van der Waals surface area contributed by atoms with Crippen LogP contribution in [-0.2, 0) is 16.8 Å². The quantitative estimate of drug-likeness (QED) is 0.750. The van der Waals surface area contributed by atoms with Crippen LogP contribution in [0.3, 0.4) is 0 Å². The number of likely N-dealkylation sites (tertiary alicyclic amines) is 1. The first-order valence-electron chi connectivity index (χ1n) is 10.3. The molecule has 8 heteroatoms. The third-order valence-electron chi connectivity index (χ3n) is 6.47. The van der Waals surface area contributed by atoms with E-state index in [0.29, 0.717) is 19.8 Å². The van der Waals surface area contributed by atoms with Crippen LogP contribution < -0.4 is 4.90 Å². The van der Waals surface area contributed by atoms with Crippen molar-refractivity contribution in [1.29, 1.82) is 0 Å². The Kier molecular flexibility index (Phi) is 4.80. The van der Waals surface area contributed by atoms with Gasteiger partial charge in [0.1, 0.15) is 0 Å². The van der Waals surface area contributed by atoms with Crippen LogP contribution in [0.1, 0.15) is 32.9 Å². The van der Waals surface area contributed by atoms with Gasteiger partial charge in [0, 0.05) is 51.0 Å². The van der Waals surface area contributed by atoms with Crippen LogP contribution in [0.15, 0.2) is 17.6 Å². The molecule has 2 aromatic heterocycles. The van der Waals surface area contributed by atoms with Crippen LogP contribution in [0.25, 0.3) is 0 Å². The van der Waals surface area contributed by atoms with Crippen molar-refractivity contribution in [2.75, 3.05) is 57.8 Å². The number of aryl methyl sites for hydroxylation is 1. The lowest BCUT2D eigenvalue weighted by atomic mass is 9.80. The summed E-state index contributed by atoms with van der Waals surface area (Å²) >= 11 is 1.53. The number of rotatable bonds is 2. The van der Waals surface area contributed by atoms with Gasteiger partial charge in [0.25, 0.3) is 5.91 Å². The lowest BCUT2D eigenvalue weighted by Crippen LogP contribution is -2.46. The molecule has 2 fully saturated rings. The van der Waals surface area contributed by atoms with Gasteiger partial charge >= 0.3 is 0 Å².